The van der Waals surface area contributed by atoms with E-state index in [4.69, 9.17) is 0 Å². The van der Waals surface area contributed by atoms with Crippen LogP contribution in [0.1, 0.15) is 20.8 Å². The van der Waals surface area contributed by atoms with Gasteiger partial charge in [-0.1, -0.05) is 18.2 Å². The highest BCUT2D eigenvalue weighted by Crippen LogP contribution is 1.57. The van der Waals surface area contributed by atoms with Gasteiger partial charge in [-0.3, -0.25) is 0 Å². The molecule has 0 rings (SSSR count). The molecule has 9 heavy (non-hydrogen) atoms. The fourth-order valence-corrected chi connectivity index (χ4v) is 0.167. The van der Waals surface area contributed by atoms with E-state index in [0.29, 0.717) is 0 Å². The normalized spacial score (nSPS) is 9.33. The van der Waals surface area contributed by atoms with Crippen LogP contribution in [0.5, 0.6) is 0 Å². The molecule has 1 heteroatoms. The van der Waals surface area contributed by atoms with Crippen LogP contribution < -0.4 is 5.32 Å². The van der Waals surface area contributed by atoms with E-state index >= 15 is 0 Å². The molecule has 0 aliphatic rings. The first-order valence-electron chi connectivity index (χ1n) is 3.19. The monoisotopic (exact) mass is 127 g/mol. The van der Waals surface area contributed by atoms with Gasteiger partial charge in [0.2, 0.25) is 0 Å². The summed E-state index contributed by atoms with van der Waals surface area (Å²) in [6.45, 7) is 5.97. The molecular formula is C8H17N. The molecule has 54 valence electrons. The molecule has 0 fully saturated rings. The van der Waals surface area contributed by atoms with Crippen LogP contribution in [-0.4, -0.2) is 7.05 Å². The van der Waals surface area contributed by atoms with Gasteiger partial charge in [-0.25, -0.2) is 0 Å². The van der Waals surface area contributed by atoms with E-state index in [2.05, 4.69) is 5.32 Å². The summed E-state index contributed by atoms with van der Waals surface area (Å²) in [6, 6.07) is 0. The minimum absolute atomic E-state index is 1.88. The third kappa shape index (κ3) is 39.0. The fourth-order valence-electron chi connectivity index (χ4n) is 0.167. The van der Waals surface area contributed by atoms with Crippen LogP contribution in [0.15, 0.2) is 24.4 Å². The van der Waals surface area contributed by atoms with Gasteiger partial charge in [0.1, 0.15) is 0 Å². The Hall–Kier alpha value is -0.720. The summed E-state index contributed by atoms with van der Waals surface area (Å²) in [5.74, 6) is 0. The molecule has 0 unspecified atom stereocenters. The van der Waals surface area contributed by atoms with Crippen molar-refractivity contribution in [2.75, 3.05) is 7.05 Å². The minimum atomic E-state index is 1.88. The smallest absolute Gasteiger partial charge is 0.00276 e. The number of allylic oxidation sites excluding steroid dienone is 3. The summed E-state index contributed by atoms with van der Waals surface area (Å²) >= 11 is 0. The second kappa shape index (κ2) is 15.7. The number of hydrogen-bond acceptors (Lipinski definition) is 1. The maximum Gasteiger partial charge on any atom is 0.00276 e. The van der Waals surface area contributed by atoms with Crippen molar-refractivity contribution >= 4 is 0 Å². The van der Waals surface area contributed by atoms with Crippen molar-refractivity contribution < 1.29 is 0 Å². The molecule has 0 saturated heterocycles. The zero-order chi connectivity index (χ0) is 7.54. The van der Waals surface area contributed by atoms with Gasteiger partial charge in [0.05, 0.1) is 0 Å². The highest BCUT2D eigenvalue weighted by molar-refractivity contribution is 4.70. The first-order valence-corrected chi connectivity index (χ1v) is 3.19. The lowest BCUT2D eigenvalue weighted by molar-refractivity contribution is 1.10. The van der Waals surface area contributed by atoms with E-state index < -0.39 is 0 Å². The topological polar surface area (TPSA) is 12.0 Å². The van der Waals surface area contributed by atoms with Gasteiger partial charge < -0.3 is 5.32 Å². The first kappa shape index (κ1) is 11.1. The maximum atomic E-state index is 2.84. The number of hydrogen-bond donors (Lipinski definition) is 1. The molecular weight excluding hydrogens is 110 g/mol. The van der Waals surface area contributed by atoms with Gasteiger partial charge in [0, 0.05) is 7.05 Å². The maximum absolute atomic E-state index is 2.84. The van der Waals surface area contributed by atoms with E-state index in [0.717, 1.165) is 0 Å². The van der Waals surface area contributed by atoms with E-state index in [1.54, 1.807) is 0 Å². The molecule has 0 saturated carbocycles. The molecule has 0 amide bonds. The molecule has 0 aliphatic heterocycles. The molecule has 0 heterocycles. The Bertz CT molecular complexity index is 68.6. The lowest BCUT2D eigenvalue weighted by Gasteiger charge is -1.75. The van der Waals surface area contributed by atoms with E-state index in [9.17, 15) is 0 Å². The molecule has 0 aromatic carbocycles. The summed E-state index contributed by atoms with van der Waals surface area (Å²) in [6.07, 6.45) is 7.82. The van der Waals surface area contributed by atoms with Crippen LogP contribution in [0.25, 0.3) is 0 Å². The lowest BCUT2D eigenvalue weighted by atomic mass is 10.6. The zero-order valence-electron chi connectivity index (χ0n) is 6.81. The lowest BCUT2D eigenvalue weighted by Crippen LogP contribution is -1.89. The molecule has 1 nitrogen and oxygen atoms in total. The van der Waals surface area contributed by atoms with E-state index in [-0.39, 0.29) is 0 Å². The predicted octanol–water partition coefficient (Wildman–Crippen LogP) is 2.32. The van der Waals surface area contributed by atoms with Crippen LogP contribution in [0.3, 0.4) is 0 Å². The summed E-state index contributed by atoms with van der Waals surface area (Å²) in [5.41, 5.74) is 0. The van der Waals surface area contributed by atoms with Crippen molar-refractivity contribution in [3.63, 3.8) is 0 Å². The standard InChI is InChI=1S/C4H9N.C4H8/c1-3-4-5-2;1-3-4-2/h3-5H,1-2H3;3-4H,1-2H3/b4-3-;4-3+. The molecule has 0 aromatic heterocycles. The van der Waals surface area contributed by atoms with Gasteiger partial charge >= 0.3 is 0 Å². The Balaban J connectivity index is 0. The van der Waals surface area contributed by atoms with Gasteiger partial charge in [0.25, 0.3) is 0 Å². The van der Waals surface area contributed by atoms with Crippen LogP contribution >= 0.6 is 0 Å². The molecule has 0 radical (unpaired) electrons. The van der Waals surface area contributed by atoms with Gasteiger partial charge in [0.15, 0.2) is 0 Å². The third-order valence-electron chi connectivity index (χ3n) is 0.667. The number of nitrogens with one attached hydrogen (secondary N) is 1. The van der Waals surface area contributed by atoms with E-state index in [1.165, 1.54) is 0 Å². The zero-order valence-corrected chi connectivity index (χ0v) is 6.81. The largest absolute Gasteiger partial charge is 0.394 e. The Morgan fingerprint density at radius 3 is 1.33 bits per heavy atom. The first-order chi connectivity index (χ1) is 4.33. The van der Waals surface area contributed by atoms with Gasteiger partial charge in [-0.2, -0.15) is 0 Å². The highest BCUT2D eigenvalue weighted by atomic mass is 14.8. The summed E-state index contributed by atoms with van der Waals surface area (Å²) in [7, 11) is 1.88. The van der Waals surface area contributed by atoms with E-state index in [1.807, 2.05) is 52.2 Å². The van der Waals surface area contributed by atoms with Crippen LogP contribution in [0.4, 0.5) is 0 Å². The SMILES string of the molecule is C/C=C/C.C/C=C\NC. The summed E-state index contributed by atoms with van der Waals surface area (Å²) in [5, 5.41) is 2.84. The average Bonchev–Trinajstić information content (AvgIpc) is 1.91. The minimum Gasteiger partial charge on any atom is -0.394 e. The highest BCUT2D eigenvalue weighted by Gasteiger charge is 1.45. The second-order valence-electron chi connectivity index (χ2n) is 1.46. The number of rotatable bonds is 1. The Labute approximate surface area is 58.5 Å². The van der Waals surface area contributed by atoms with Gasteiger partial charge in [-0.15, -0.1) is 0 Å². The fraction of sp³-hybridized carbons (Fsp3) is 0.500. The van der Waals surface area contributed by atoms with Crippen molar-refractivity contribution in [1.29, 1.82) is 0 Å². The Kier molecular flexibility index (Phi) is 19.4. The predicted molar refractivity (Wildman–Crippen MR) is 44.4 cm³/mol. The van der Waals surface area contributed by atoms with Crippen LogP contribution in [0.2, 0.25) is 0 Å². The van der Waals surface area contributed by atoms with Crippen molar-refractivity contribution in [3.8, 4) is 0 Å². The summed E-state index contributed by atoms with van der Waals surface area (Å²) in [4.78, 5) is 0. The molecule has 0 bridgehead atoms. The molecule has 1 N–H and O–H groups in total. The van der Waals surface area contributed by atoms with Crippen molar-refractivity contribution in [2.45, 2.75) is 20.8 Å². The quantitative estimate of drug-likeness (QED) is 0.533. The molecule has 0 aromatic rings. The summed E-state index contributed by atoms with van der Waals surface area (Å²) < 4.78 is 0. The van der Waals surface area contributed by atoms with Crippen LogP contribution in [-0.2, 0) is 0 Å². The molecule has 0 atom stereocenters. The van der Waals surface area contributed by atoms with Crippen molar-refractivity contribution in [1.82, 2.24) is 5.32 Å². The Morgan fingerprint density at radius 2 is 1.33 bits per heavy atom. The van der Waals surface area contributed by atoms with Crippen molar-refractivity contribution in [2.24, 2.45) is 0 Å². The van der Waals surface area contributed by atoms with Crippen LogP contribution in [0, 0.1) is 0 Å². The van der Waals surface area contributed by atoms with Crippen molar-refractivity contribution in [3.05, 3.63) is 24.4 Å². The third-order valence-corrected chi connectivity index (χ3v) is 0.667. The van der Waals surface area contributed by atoms with Gasteiger partial charge in [-0.05, 0) is 27.0 Å². The second-order valence-corrected chi connectivity index (χ2v) is 1.46. The Morgan fingerprint density at radius 1 is 0.889 bits per heavy atom. The average molecular weight is 127 g/mol. The molecule has 0 aliphatic carbocycles. The molecule has 0 spiro atoms.